The molecule has 1 aliphatic heterocycles. The van der Waals surface area contributed by atoms with Crippen LogP contribution in [0.15, 0.2) is 12.2 Å². The molecule has 2 N–H and O–H groups in total. The van der Waals surface area contributed by atoms with E-state index in [1.807, 2.05) is 11.9 Å². The van der Waals surface area contributed by atoms with Gasteiger partial charge in [-0.25, -0.2) is 14.6 Å². The number of ether oxygens (including phenoxy) is 1. The second kappa shape index (κ2) is 4.98. The fourth-order valence-corrected chi connectivity index (χ4v) is 1.27. The number of hydrazine groups is 1. The van der Waals surface area contributed by atoms with Crippen LogP contribution in [0.2, 0.25) is 0 Å². The van der Waals surface area contributed by atoms with E-state index in [0.717, 1.165) is 6.54 Å². The Balaban J connectivity index is 2.31. The summed E-state index contributed by atoms with van der Waals surface area (Å²) in [4.78, 5) is 22.2. The van der Waals surface area contributed by atoms with Gasteiger partial charge in [-0.3, -0.25) is 5.01 Å². The summed E-state index contributed by atoms with van der Waals surface area (Å²) in [6.45, 7) is 8.21. The molecule has 2 atom stereocenters. The molecule has 1 rings (SSSR count). The van der Waals surface area contributed by atoms with Gasteiger partial charge in [0.2, 0.25) is 0 Å². The second-order valence-corrected chi connectivity index (χ2v) is 3.85. The third-order valence-corrected chi connectivity index (χ3v) is 2.28. The van der Waals surface area contributed by atoms with E-state index in [1.54, 1.807) is 6.92 Å². The number of hydrogen-bond donors (Lipinski definition) is 1. The zero-order valence-electron chi connectivity index (χ0n) is 9.60. The lowest BCUT2D eigenvalue weighted by Crippen LogP contribution is -2.43. The van der Waals surface area contributed by atoms with Crippen molar-refractivity contribution in [2.75, 3.05) is 19.7 Å². The van der Waals surface area contributed by atoms with Gasteiger partial charge in [0, 0.05) is 18.2 Å². The van der Waals surface area contributed by atoms with Gasteiger partial charge in [-0.15, -0.1) is 0 Å². The number of nitrogens with two attached hydrogens (primary N) is 1. The summed E-state index contributed by atoms with van der Waals surface area (Å²) in [5.41, 5.74) is 5.54. The largest absolute Gasteiger partial charge is 0.460 e. The highest BCUT2D eigenvalue weighted by atomic mass is 16.5. The number of primary amides is 1. The van der Waals surface area contributed by atoms with Crippen molar-refractivity contribution in [2.24, 2.45) is 5.73 Å². The third-order valence-electron chi connectivity index (χ3n) is 2.28. The van der Waals surface area contributed by atoms with Crippen LogP contribution in [-0.4, -0.2) is 47.8 Å². The van der Waals surface area contributed by atoms with Gasteiger partial charge < -0.3 is 10.5 Å². The summed E-state index contributed by atoms with van der Waals surface area (Å²) in [5, 5.41) is 3.20. The number of nitrogens with zero attached hydrogens (tertiary/aromatic N) is 2. The zero-order chi connectivity index (χ0) is 12.3. The van der Waals surface area contributed by atoms with Crippen LogP contribution in [0.1, 0.15) is 13.8 Å². The number of urea groups is 1. The highest BCUT2D eigenvalue weighted by Crippen LogP contribution is 2.18. The summed E-state index contributed by atoms with van der Waals surface area (Å²) in [5.74, 6) is -0.455. The minimum absolute atomic E-state index is 0.123. The van der Waals surface area contributed by atoms with E-state index in [9.17, 15) is 9.59 Å². The molecule has 1 saturated heterocycles. The van der Waals surface area contributed by atoms with Gasteiger partial charge in [-0.2, -0.15) is 0 Å². The highest BCUT2D eigenvalue weighted by Gasteiger charge is 2.36. The molecule has 90 valence electrons. The second-order valence-electron chi connectivity index (χ2n) is 3.85. The molecule has 2 amide bonds. The average Bonchev–Trinajstić information content (AvgIpc) is 2.88. The van der Waals surface area contributed by atoms with Crippen LogP contribution in [0.5, 0.6) is 0 Å². The van der Waals surface area contributed by atoms with Crippen molar-refractivity contribution in [1.29, 1.82) is 0 Å². The normalized spacial score (nSPS) is 22.4. The SMILES string of the molecule is C=C(C)C(=O)OCCN(C(N)=O)N1CC1C. The fourth-order valence-electron chi connectivity index (χ4n) is 1.27. The smallest absolute Gasteiger partial charge is 0.333 e. The standard InChI is InChI=1S/C10H17N3O3/c1-7(2)9(14)16-5-4-12(10(11)15)13-6-8(13)3/h8H,1,4-6H2,2-3H3,(H2,11,15). The molecule has 1 fully saturated rings. The maximum absolute atomic E-state index is 11.1. The fraction of sp³-hybridized carbons (Fsp3) is 0.600. The first-order valence-electron chi connectivity index (χ1n) is 5.09. The van der Waals surface area contributed by atoms with E-state index in [4.69, 9.17) is 10.5 Å². The first kappa shape index (κ1) is 12.5. The number of esters is 1. The molecule has 0 aliphatic carbocycles. The lowest BCUT2D eigenvalue weighted by atomic mass is 10.4. The van der Waals surface area contributed by atoms with E-state index < -0.39 is 12.0 Å². The van der Waals surface area contributed by atoms with Gasteiger partial charge in [-0.1, -0.05) is 6.58 Å². The van der Waals surface area contributed by atoms with Crippen LogP contribution < -0.4 is 5.73 Å². The number of amides is 2. The van der Waals surface area contributed by atoms with Crippen molar-refractivity contribution < 1.29 is 14.3 Å². The topological polar surface area (TPSA) is 75.6 Å². The maximum Gasteiger partial charge on any atom is 0.333 e. The van der Waals surface area contributed by atoms with Gasteiger partial charge in [0.1, 0.15) is 6.61 Å². The third kappa shape index (κ3) is 3.23. The molecule has 0 aromatic rings. The molecule has 0 bridgehead atoms. The van der Waals surface area contributed by atoms with E-state index in [0.29, 0.717) is 11.6 Å². The van der Waals surface area contributed by atoms with E-state index in [1.165, 1.54) is 5.01 Å². The molecule has 0 radical (unpaired) electrons. The van der Waals surface area contributed by atoms with Gasteiger partial charge >= 0.3 is 12.0 Å². The predicted molar refractivity (Wildman–Crippen MR) is 58.2 cm³/mol. The Kier molecular flexibility index (Phi) is 3.89. The summed E-state index contributed by atoms with van der Waals surface area (Å²) < 4.78 is 4.88. The number of hydrogen-bond acceptors (Lipinski definition) is 4. The van der Waals surface area contributed by atoms with Crippen molar-refractivity contribution in [3.05, 3.63) is 12.2 Å². The minimum Gasteiger partial charge on any atom is -0.460 e. The predicted octanol–water partition coefficient (Wildman–Crippen LogP) is 0.106. The molecule has 0 aromatic carbocycles. The van der Waals surface area contributed by atoms with Crippen molar-refractivity contribution in [2.45, 2.75) is 19.9 Å². The zero-order valence-corrected chi connectivity index (χ0v) is 9.60. The van der Waals surface area contributed by atoms with Crippen molar-refractivity contribution in [3.63, 3.8) is 0 Å². The summed E-state index contributed by atoms with van der Waals surface area (Å²) in [6.07, 6.45) is 0. The van der Waals surface area contributed by atoms with Crippen LogP contribution in [0.3, 0.4) is 0 Å². The first-order chi connectivity index (χ1) is 7.43. The van der Waals surface area contributed by atoms with Gasteiger partial charge in [-0.05, 0) is 13.8 Å². The molecular formula is C10H17N3O3. The van der Waals surface area contributed by atoms with Crippen molar-refractivity contribution >= 4 is 12.0 Å². The van der Waals surface area contributed by atoms with Gasteiger partial charge in [0.05, 0.1) is 6.54 Å². The molecule has 1 heterocycles. The van der Waals surface area contributed by atoms with Crippen LogP contribution >= 0.6 is 0 Å². The molecule has 16 heavy (non-hydrogen) atoms. The quantitative estimate of drug-likeness (QED) is 0.411. The Labute approximate surface area is 94.6 Å². The first-order valence-corrected chi connectivity index (χ1v) is 5.09. The lowest BCUT2D eigenvalue weighted by Gasteiger charge is -2.21. The van der Waals surface area contributed by atoms with E-state index >= 15 is 0 Å². The summed E-state index contributed by atoms with van der Waals surface area (Å²) >= 11 is 0. The molecule has 0 aromatic heterocycles. The highest BCUT2D eigenvalue weighted by molar-refractivity contribution is 5.86. The Morgan fingerprint density at radius 3 is 2.56 bits per heavy atom. The Morgan fingerprint density at radius 1 is 1.62 bits per heavy atom. The van der Waals surface area contributed by atoms with Crippen LogP contribution in [0.25, 0.3) is 0 Å². The van der Waals surface area contributed by atoms with Crippen molar-refractivity contribution in [3.8, 4) is 0 Å². The number of rotatable bonds is 5. The molecular weight excluding hydrogens is 210 g/mol. The summed E-state index contributed by atoms with van der Waals surface area (Å²) in [7, 11) is 0. The van der Waals surface area contributed by atoms with Crippen molar-refractivity contribution in [1.82, 2.24) is 10.0 Å². The van der Waals surface area contributed by atoms with Crippen LogP contribution in [-0.2, 0) is 9.53 Å². The molecule has 6 nitrogen and oxygen atoms in total. The molecule has 1 aliphatic rings. The van der Waals surface area contributed by atoms with Gasteiger partial charge in [0.15, 0.2) is 0 Å². The monoisotopic (exact) mass is 227 g/mol. The van der Waals surface area contributed by atoms with Crippen LogP contribution in [0, 0.1) is 0 Å². The maximum atomic E-state index is 11.1. The Morgan fingerprint density at radius 2 is 2.19 bits per heavy atom. The summed E-state index contributed by atoms with van der Waals surface area (Å²) in [6, 6.07) is -0.208. The molecule has 2 unspecified atom stereocenters. The number of carbonyl (C=O) groups excluding carboxylic acids is 2. The van der Waals surface area contributed by atoms with E-state index in [-0.39, 0.29) is 13.2 Å². The lowest BCUT2D eigenvalue weighted by molar-refractivity contribution is -0.139. The van der Waals surface area contributed by atoms with Crippen LogP contribution in [0.4, 0.5) is 4.79 Å². The van der Waals surface area contributed by atoms with Gasteiger partial charge in [0.25, 0.3) is 0 Å². The average molecular weight is 227 g/mol. The molecule has 6 heteroatoms. The van der Waals surface area contributed by atoms with E-state index in [2.05, 4.69) is 6.58 Å². The Bertz CT molecular complexity index is 316. The Hall–Kier alpha value is -1.56. The number of carbonyl (C=O) groups is 2. The minimum atomic E-state index is -0.532. The molecule has 0 spiro atoms. The molecule has 0 saturated carbocycles.